The minimum atomic E-state index is -4.04. The van der Waals surface area contributed by atoms with E-state index in [9.17, 15) is 18.3 Å². The van der Waals surface area contributed by atoms with Crippen molar-refractivity contribution in [3.05, 3.63) is 77.7 Å². The lowest BCUT2D eigenvalue weighted by molar-refractivity contribution is -0.0603. The van der Waals surface area contributed by atoms with E-state index in [2.05, 4.69) is 15.0 Å². The number of carbonyl (C=O) groups is 1. The van der Waals surface area contributed by atoms with E-state index in [0.29, 0.717) is 29.8 Å². The molecule has 3 aromatic rings. The summed E-state index contributed by atoms with van der Waals surface area (Å²) in [6, 6.07) is 13.6. The fourth-order valence-electron chi connectivity index (χ4n) is 3.89. The summed E-state index contributed by atoms with van der Waals surface area (Å²) in [5.41, 5.74) is 0.756. The van der Waals surface area contributed by atoms with Crippen LogP contribution in [0.5, 0.6) is 5.75 Å². The number of aromatic nitrogens is 2. The Labute approximate surface area is 198 Å². The molecular weight excluding hydrogens is 456 g/mol. The number of imidazole rings is 1. The van der Waals surface area contributed by atoms with Crippen molar-refractivity contribution in [3.63, 3.8) is 0 Å². The van der Waals surface area contributed by atoms with E-state index >= 15 is 0 Å². The Balaban J connectivity index is 1.58. The highest BCUT2D eigenvalue weighted by Gasteiger charge is 2.45. The smallest absolute Gasteiger partial charge is 0.260 e. The van der Waals surface area contributed by atoms with Crippen molar-refractivity contribution < 1.29 is 23.1 Å². The number of hydrogen-bond donors (Lipinski definition) is 3. The maximum atomic E-state index is 13.0. The van der Waals surface area contributed by atoms with Crippen LogP contribution in [0.15, 0.2) is 66.1 Å². The average molecular weight is 485 g/mol. The van der Waals surface area contributed by atoms with Crippen molar-refractivity contribution in [1.82, 2.24) is 19.6 Å². The maximum Gasteiger partial charge on any atom is 0.260 e. The molecule has 0 saturated heterocycles. The molecule has 0 unspecified atom stereocenters. The molecule has 9 nitrogen and oxygen atoms in total. The van der Waals surface area contributed by atoms with Gasteiger partial charge in [-0.05, 0) is 44.0 Å². The molecule has 1 aliphatic rings. The van der Waals surface area contributed by atoms with Crippen LogP contribution in [0.25, 0.3) is 0 Å². The molecule has 0 aliphatic carbocycles. The third kappa shape index (κ3) is 4.98. The zero-order chi connectivity index (χ0) is 24.5. The lowest BCUT2D eigenvalue weighted by Gasteiger charge is -2.42. The number of fused-ring (bicyclic) bond motifs is 1. The number of carbonyl (C=O) groups excluding carboxylic acids is 1. The monoisotopic (exact) mass is 484 g/mol. The van der Waals surface area contributed by atoms with E-state index in [-0.39, 0.29) is 10.9 Å². The van der Waals surface area contributed by atoms with Gasteiger partial charge in [0, 0.05) is 30.9 Å². The Bertz CT molecular complexity index is 1290. The molecule has 1 aromatic heterocycles. The van der Waals surface area contributed by atoms with Crippen LogP contribution in [0.3, 0.4) is 0 Å². The summed E-state index contributed by atoms with van der Waals surface area (Å²) in [5, 5.41) is 13.7. The number of nitrogens with one attached hydrogen (secondary N) is 2. The number of amides is 1. The standard InChI is InChI=1S/C24H28N4O5S/c1-24(2)22(29)21(27-34(31,32)20-14-28(3)15-26-20)18-13-17(9-10-19(18)33-24)23(30)25-12-11-16-7-5-4-6-8-16/h4-10,13-15,21-22,27,29H,11-12H2,1-3H3,(H,25,30)/t21-,22+/m1/s1. The SMILES string of the molecule is Cn1cnc(S(=O)(=O)N[C@@H]2c3cc(C(=O)NCCc4ccccc4)ccc3OC(C)(C)[C@H]2O)c1. The van der Waals surface area contributed by atoms with E-state index in [1.165, 1.54) is 17.1 Å². The average Bonchev–Trinajstić information content (AvgIpc) is 3.24. The van der Waals surface area contributed by atoms with Crippen LogP contribution in [-0.4, -0.2) is 47.2 Å². The van der Waals surface area contributed by atoms with Crippen molar-refractivity contribution in [2.45, 2.75) is 43.0 Å². The van der Waals surface area contributed by atoms with E-state index in [4.69, 9.17) is 4.74 Å². The molecular formula is C24H28N4O5S. The predicted molar refractivity (Wildman–Crippen MR) is 126 cm³/mol. The summed E-state index contributed by atoms with van der Waals surface area (Å²) in [7, 11) is -2.38. The zero-order valence-electron chi connectivity index (χ0n) is 19.2. The second kappa shape index (κ2) is 9.21. The van der Waals surface area contributed by atoms with Crippen LogP contribution < -0.4 is 14.8 Å². The van der Waals surface area contributed by atoms with Gasteiger partial charge in [0.1, 0.15) is 17.5 Å². The quantitative estimate of drug-likeness (QED) is 0.471. The minimum absolute atomic E-state index is 0.164. The number of hydrogen-bond acceptors (Lipinski definition) is 6. The fourth-order valence-corrected chi connectivity index (χ4v) is 5.09. The molecule has 0 saturated carbocycles. The lowest BCUT2D eigenvalue weighted by atomic mass is 9.86. The molecule has 0 bridgehead atoms. The molecule has 0 fully saturated rings. The fraction of sp³-hybridized carbons (Fsp3) is 0.333. The normalized spacial score (nSPS) is 19.2. The van der Waals surface area contributed by atoms with Crippen LogP contribution in [-0.2, 0) is 23.5 Å². The van der Waals surface area contributed by atoms with Crippen LogP contribution in [0.2, 0.25) is 0 Å². The zero-order valence-corrected chi connectivity index (χ0v) is 20.0. The van der Waals surface area contributed by atoms with E-state index in [0.717, 1.165) is 5.56 Å². The highest BCUT2D eigenvalue weighted by Crippen LogP contribution is 2.40. The molecule has 10 heteroatoms. The second-order valence-corrected chi connectivity index (χ2v) is 10.5. The lowest BCUT2D eigenvalue weighted by Crippen LogP contribution is -2.53. The molecule has 3 N–H and O–H groups in total. The molecule has 0 spiro atoms. The van der Waals surface area contributed by atoms with Crippen molar-refractivity contribution in [3.8, 4) is 5.75 Å². The van der Waals surface area contributed by atoms with Gasteiger partial charge in [0.15, 0.2) is 5.03 Å². The van der Waals surface area contributed by atoms with Gasteiger partial charge in [-0.3, -0.25) is 4.79 Å². The molecule has 1 aliphatic heterocycles. The molecule has 180 valence electrons. The van der Waals surface area contributed by atoms with E-state index < -0.39 is 27.8 Å². The van der Waals surface area contributed by atoms with E-state index in [1.807, 2.05) is 30.3 Å². The second-order valence-electron chi connectivity index (χ2n) is 8.87. The van der Waals surface area contributed by atoms with Gasteiger partial charge in [-0.15, -0.1) is 0 Å². The number of nitrogens with zero attached hydrogens (tertiary/aromatic N) is 2. The third-order valence-electron chi connectivity index (χ3n) is 5.79. The summed E-state index contributed by atoms with van der Waals surface area (Å²) in [6.45, 7) is 3.79. The number of ether oxygens (including phenoxy) is 1. The number of sulfonamides is 1. The molecule has 4 rings (SSSR count). The Morgan fingerprint density at radius 2 is 1.94 bits per heavy atom. The molecule has 0 radical (unpaired) electrons. The molecule has 34 heavy (non-hydrogen) atoms. The summed E-state index contributed by atoms with van der Waals surface area (Å²) >= 11 is 0. The van der Waals surface area contributed by atoms with Crippen LogP contribution in [0.1, 0.15) is 41.4 Å². The third-order valence-corrected chi connectivity index (χ3v) is 7.11. The van der Waals surface area contributed by atoms with Gasteiger partial charge in [-0.2, -0.15) is 4.72 Å². The van der Waals surface area contributed by atoms with Gasteiger partial charge < -0.3 is 19.7 Å². The first-order valence-electron chi connectivity index (χ1n) is 10.9. The summed E-state index contributed by atoms with van der Waals surface area (Å²) in [5.74, 6) is 0.0919. The topological polar surface area (TPSA) is 123 Å². The number of aliphatic hydroxyl groups is 1. The molecule has 2 aromatic carbocycles. The van der Waals surface area contributed by atoms with Gasteiger partial charge in [0.05, 0.1) is 12.4 Å². The first kappa shape index (κ1) is 23.9. The van der Waals surface area contributed by atoms with Crippen LogP contribution >= 0.6 is 0 Å². The number of benzene rings is 2. The van der Waals surface area contributed by atoms with Crippen molar-refractivity contribution in [1.29, 1.82) is 0 Å². The predicted octanol–water partition coefficient (Wildman–Crippen LogP) is 1.94. The van der Waals surface area contributed by atoms with Crippen molar-refractivity contribution in [2.75, 3.05) is 6.54 Å². The maximum absolute atomic E-state index is 13.0. The highest BCUT2D eigenvalue weighted by molar-refractivity contribution is 7.89. The number of aryl methyl sites for hydroxylation is 1. The first-order valence-corrected chi connectivity index (χ1v) is 12.4. The van der Waals surface area contributed by atoms with Crippen molar-refractivity contribution >= 4 is 15.9 Å². The van der Waals surface area contributed by atoms with Gasteiger partial charge in [-0.25, -0.2) is 13.4 Å². The van der Waals surface area contributed by atoms with Gasteiger partial charge in [-0.1, -0.05) is 30.3 Å². The first-order chi connectivity index (χ1) is 16.1. The van der Waals surface area contributed by atoms with E-state index in [1.54, 1.807) is 39.1 Å². The van der Waals surface area contributed by atoms with Crippen LogP contribution in [0.4, 0.5) is 0 Å². The van der Waals surface area contributed by atoms with Crippen LogP contribution in [0, 0.1) is 0 Å². The molecule has 2 heterocycles. The summed E-state index contributed by atoms with van der Waals surface area (Å²) in [6.07, 6.45) is 2.22. The summed E-state index contributed by atoms with van der Waals surface area (Å²) < 4.78 is 35.9. The van der Waals surface area contributed by atoms with Gasteiger partial charge in [0.2, 0.25) is 0 Å². The minimum Gasteiger partial charge on any atom is -0.485 e. The van der Waals surface area contributed by atoms with Gasteiger partial charge >= 0.3 is 0 Å². The summed E-state index contributed by atoms with van der Waals surface area (Å²) in [4.78, 5) is 16.7. The Morgan fingerprint density at radius 1 is 1.21 bits per heavy atom. The largest absolute Gasteiger partial charge is 0.485 e. The number of rotatable bonds is 7. The van der Waals surface area contributed by atoms with Crippen molar-refractivity contribution in [2.24, 2.45) is 7.05 Å². The van der Waals surface area contributed by atoms with Gasteiger partial charge in [0.25, 0.3) is 15.9 Å². The molecule has 2 atom stereocenters. The Kier molecular flexibility index (Phi) is 6.48. The Hall–Kier alpha value is -3.21. The Morgan fingerprint density at radius 3 is 2.62 bits per heavy atom. The number of aliphatic hydroxyl groups excluding tert-OH is 1. The molecule has 1 amide bonds. The highest BCUT2D eigenvalue weighted by atomic mass is 32.2.